The van der Waals surface area contributed by atoms with Gasteiger partial charge in [-0.2, -0.15) is 4.98 Å². The van der Waals surface area contributed by atoms with Crippen molar-refractivity contribution < 1.29 is 4.79 Å². The molecule has 0 radical (unpaired) electrons. The highest BCUT2D eigenvalue weighted by atomic mass is 35.5. The van der Waals surface area contributed by atoms with E-state index in [1.807, 2.05) is 28.9 Å². The Bertz CT molecular complexity index is 1410. The second-order valence-corrected chi connectivity index (χ2v) is 9.76. The predicted molar refractivity (Wildman–Crippen MR) is 133 cm³/mol. The predicted octanol–water partition coefficient (Wildman–Crippen LogP) is 6.40. The minimum Gasteiger partial charge on any atom is -0.328 e. The van der Waals surface area contributed by atoms with E-state index < -0.39 is 0 Å². The summed E-state index contributed by atoms with van der Waals surface area (Å²) in [4.78, 5) is 17.7. The number of ketones is 1. The van der Waals surface area contributed by atoms with E-state index in [0.717, 1.165) is 35.4 Å². The topological polar surface area (TPSA) is 59.8 Å². The van der Waals surface area contributed by atoms with Crippen molar-refractivity contribution >= 4 is 45.9 Å². The van der Waals surface area contributed by atoms with Crippen LogP contribution in [0.3, 0.4) is 0 Å². The maximum atomic E-state index is 12.9. The van der Waals surface area contributed by atoms with Crippen LogP contribution in [0.25, 0.3) is 10.8 Å². The number of carbonyl (C=O) groups is 1. The number of nitrogens with zero attached hydrogens (tertiary/aromatic N) is 3. The summed E-state index contributed by atoms with van der Waals surface area (Å²) in [7, 11) is 0. The standard InChI is InChI=1S/C26H21ClN4OS/c27-20-12-10-18(11-13-20)24-23-21(6-3-7-22(23)32)28-25-29-26(30-31(24)25)33-15-16-8-9-17-4-1-2-5-19(17)14-16/h1-2,4-5,8-14,24H,3,6-7,15H2,(H,28,29,30). The lowest BCUT2D eigenvalue weighted by atomic mass is 9.85. The van der Waals surface area contributed by atoms with Crippen LogP contribution in [0, 0.1) is 0 Å². The molecule has 0 spiro atoms. The van der Waals surface area contributed by atoms with Crippen LogP contribution in [0.15, 0.2) is 83.2 Å². The van der Waals surface area contributed by atoms with Gasteiger partial charge in [-0.15, -0.1) is 5.10 Å². The Labute approximate surface area is 200 Å². The SMILES string of the molecule is O=C1CCCC2=C1C(c1ccc(Cl)cc1)n1nc(SCc3ccc4ccccc4c3)nc1N2. The van der Waals surface area contributed by atoms with Gasteiger partial charge < -0.3 is 5.32 Å². The largest absolute Gasteiger partial charge is 0.328 e. The summed E-state index contributed by atoms with van der Waals surface area (Å²) in [5.74, 6) is 1.63. The molecule has 4 aromatic rings. The minimum atomic E-state index is -0.288. The lowest BCUT2D eigenvalue weighted by Crippen LogP contribution is -2.31. The first-order valence-electron chi connectivity index (χ1n) is 11.0. The van der Waals surface area contributed by atoms with Crippen molar-refractivity contribution in [3.8, 4) is 0 Å². The number of hydrogen-bond acceptors (Lipinski definition) is 5. The average Bonchev–Trinajstić information content (AvgIpc) is 3.25. The molecule has 33 heavy (non-hydrogen) atoms. The Morgan fingerprint density at radius 3 is 2.70 bits per heavy atom. The molecule has 0 fully saturated rings. The zero-order valence-electron chi connectivity index (χ0n) is 17.8. The van der Waals surface area contributed by atoms with E-state index in [-0.39, 0.29) is 11.8 Å². The smallest absolute Gasteiger partial charge is 0.227 e. The van der Waals surface area contributed by atoms with Crippen LogP contribution < -0.4 is 5.32 Å². The molecule has 1 unspecified atom stereocenters. The summed E-state index contributed by atoms with van der Waals surface area (Å²) >= 11 is 7.73. The van der Waals surface area contributed by atoms with Gasteiger partial charge in [0.2, 0.25) is 11.1 Å². The molecule has 1 atom stereocenters. The molecule has 7 heteroatoms. The lowest BCUT2D eigenvalue weighted by molar-refractivity contribution is -0.116. The van der Waals surface area contributed by atoms with E-state index >= 15 is 0 Å². The highest BCUT2D eigenvalue weighted by Gasteiger charge is 2.36. The fourth-order valence-corrected chi connectivity index (χ4v) is 5.53. The van der Waals surface area contributed by atoms with Gasteiger partial charge in [0.05, 0.1) is 0 Å². The first-order chi connectivity index (χ1) is 16.2. The van der Waals surface area contributed by atoms with Gasteiger partial charge in [-0.05, 0) is 46.9 Å². The molecule has 0 saturated heterocycles. The normalized spacial score (nSPS) is 17.6. The Morgan fingerprint density at radius 1 is 1.03 bits per heavy atom. The highest BCUT2D eigenvalue weighted by molar-refractivity contribution is 7.98. The molecule has 0 bridgehead atoms. The monoisotopic (exact) mass is 472 g/mol. The van der Waals surface area contributed by atoms with Gasteiger partial charge in [0.15, 0.2) is 5.78 Å². The van der Waals surface area contributed by atoms with Crippen molar-refractivity contribution in [3.05, 3.63) is 94.1 Å². The van der Waals surface area contributed by atoms with Crippen LogP contribution >= 0.6 is 23.4 Å². The Morgan fingerprint density at radius 2 is 1.85 bits per heavy atom. The van der Waals surface area contributed by atoms with E-state index in [0.29, 0.717) is 22.5 Å². The molecule has 2 heterocycles. The molecule has 6 rings (SSSR count). The number of aromatic nitrogens is 3. The summed E-state index contributed by atoms with van der Waals surface area (Å²) in [6.45, 7) is 0. The number of benzene rings is 3. The number of carbonyl (C=O) groups excluding carboxylic acids is 1. The van der Waals surface area contributed by atoms with Crippen molar-refractivity contribution in [3.63, 3.8) is 0 Å². The third kappa shape index (κ3) is 3.83. The third-order valence-electron chi connectivity index (χ3n) is 6.22. The molecule has 2 aliphatic rings. The zero-order valence-corrected chi connectivity index (χ0v) is 19.4. The molecule has 1 aliphatic carbocycles. The van der Waals surface area contributed by atoms with E-state index in [4.69, 9.17) is 21.7 Å². The summed E-state index contributed by atoms with van der Waals surface area (Å²) in [5.41, 5.74) is 3.98. The molecular formula is C26H21ClN4OS. The van der Waals surface area contributed by atoms with Gasteiger partial charge in [0.25, 0.3) is 0 Å². The molecule has 1 aliphatic heterocycles. The van der Waals surface area contributed by atoms with E-state index in [1.54, 1.807) is 11.8 Å². The molecular weight excluding hydrogens is 452 g/mol. The molecule has 164 valence electrons. The second-order valence-electron chi connectivity index (χ2n) is 8.38. The number of anilines is 1. The van der Waals surface area contributed by atoms with Gasteiger partial charge in [-0.1, -0.05) is 78.0 Å². The summed E-state index contributed by atoms with van der Waals surface area (Å²) in [6, 6.07) is 22.3. The maximum Gasteiger partial charge on any atom is 0.227 e. The molecule has 1 aromatic heterocycles. The number of thioether (sulfide) groups is 1. The quantitative estimate of drug-likeness (QED) is 0.348. The van der Waals surface area contributed by atoms with Gasteiger partial charge in [0.1, 0.15) is 6.04 Å². The van der Waals surface area contributed by atoms with Crippen LogP contribution in [0.4, 0.5) is 5.95 Å². The summed E-state index contributed by atoms with van der Waals surface area (Å²) in [5, 5.41) is 12.0. The van der Waals surface area contributed by atoms with Crippen LogP contribution in [0.1, 0.15) is 36.4 Å². The van der Waals surface area contributed by atoms with Crippen molar-refractivity contribution in [2.75, 3.05) is 5.32 Å². The fourth-order valence-electron chi connectivity index (χ4n) is 4.63. The second kappa shape index (κ2) is 8.36. The number of hydrogen-bond donors (Lipinski definition) is 1. The molecule has 0 amide bonds. The molecule has 3 aromatic carbocycles. The minimum absolute atomic E-state index is 0.176. The van der Waals surface area contributed by atoms with Gasteiger partial charge in [0, 0.05) is 28.5 Å². The van der Waals surface area contributed by atoms with Crippen molar-refractivity contribution in [2.24, 2.45) is 0 Å². The number of nitrogens with one attached hydrogen (secondary N) is 1. The van der Waals surface area contributed by atoms with Crippen molar-refractivity contribution in [2.45, 2.75) is 36.2 Å². The lowest BCUT2D eigenvalue weighted by Gasteiger charge is -2.32. The van der Waals surface area contributed by atoms with E-state index in [1.165, 1.54) is 16.3 Å². The number of Topliss-reactive ketones (excluding diaryl/α,β-unsaturated/α-hetero) is 1. The number of allylic oxidation sites excluding steroid dienone is 2. The highest BCUT2D eigenvalue weighted by Crippen LogP contribution is 2.41. The number of halogens is 1. The molecule has 1 N–H and O–H groups in total. The van der Waals surface area contributed by atoms with Gasteiger partial charge >= 0.3 is 0 Å². The summed E-state index contributed by atoms with van der Waals surface area (Å²) in [6.07, 6.45) is 2.27. The molecule has 0 saturated carbocycles. The number of rotatable bonds is 4. The third-order valence-corrected chi connectivity index (χ3v) is 7.38. The van der Waals surface area contributed by atoms with Crippen molar-refractivity contribution in [1.29, 1.82) is 0 Å². The van der Waals surface area contributed by atoms with Crippen LogP contribution in [0.5, 0.6) is 0 Å². The van der Waals surface area contributed by atoms with Crippen molar-refractivity contribution in [1.82, 2.24) is 14.8 Å². The van der Waals surface area contributed by atoms with E-state index in [9.17, 15) is 4.79 Å². The fraction of sp³-hybridized carbons (Fsp3) is 0.192. The van der Waals surface area contributed by atoms with Gasteiger partial charge in [-0.25, -0.2) is 4.68 Å². The first kappa shape index (κ1) is 20.5. The molecule has 5 nitrogen and oxygen atoms in total. The Balaban J connectivity index is 1.32. The van der Waals surface area contributed by atoms with Crippen LogP contribution in [-0.4, -0.2) is 20.5 Å². The van der Waals surface area contributed by atoms with Crippen LogP contribution in [0.2, 0.25) is 5.02 Å². The Hall–Kier alpha value is -3.09. The average molecular weight is 473 g/mol. The summed E-state index contributed by atoms with van der Waals surface area (Å²) < 4.78 is 1.86. The van der Waals surface area contributed by atoms with E-state index in [2.05, 4.69) is 47.8 Å². The number of fused-ring (bicyclic) bond motifs is 2. The van der Waals surface area contributed by atoms with Crippen LogP contribution in [-0.2, 0) is 10.5 Å². The van der Waals surface area contributed by atoms with Gasteiger partial charge in [-0.3, -0.25) is 4.79 Å². The first-order valence-corrected chi connectivity index (χ1v) is 12.4. The maximum absolute atomic E-state index is 12.9. The zero-order chi connectivity index (χ0) is 22.4. The Kier molecular flexibility index (Phi) is 5.19.